The summed E-state index contributed by atoms with van der Waals surface area (Å²) in [7, 11) is 0. The fraction of sp³-hybridized carbons (Fsp3) is 0.200. The lowest BCUT2D eigenvalue weighted by molar-refractivity contribution is -0.139. The fourth-order valence-electron chi connectivity index (χ4n) is 4.80. The van der Waals surface area contributed by atoms with E-state index in [1.807, 2.05) is 48.5 Å². The quantitative estimate of drug-likeness (QED) is 0.331. The zero-order chi connectivity index (χ0) is 24.0. The topological polar surface area (TPSA) is 72.6 Å². The maximum atomic E-state index is 10.9. The van der Waals surface area contributed by atoms with Crippen LogP contribution in [0.4, 0.5) is 0 Å². The number of fused-ring (bicyclic) bond motifs is 1. The first-order chi connectivity index (χ1) is 17.2. The molecule has 1 N–H and O–H groups in total. The van der Waals surface area contributed by atoms with Gasteiger partial charge in [0.2, 0.25) is 0 Å². The summed E-state index contributed by atoms with van der Waals surface area (Å²) in [5.74, 6) is 0.493. The summed E-state index contributed by atoms with van der Waals surface area (Å²) in [6.07, 6.45) is 5.72. The Hall–Kier alpha value is -4.12. The smallest absolute Gasteiger partial charge is 0.341 e. The lowest BCUT2D eigenvalue weighted by Crippen LogP contribution is -2.12. The second-order valence-corrected chi connectivity index (χ2v) is 8.73. The number of ether oxygens (including phenoxy) is 1. The van der Waals surface area contributed by atoms with Gasteiger partial charge in [-0.25, -0.2) is 4.79 Å². The molecule has 0 atom stereocenters. The van der Waals surface area contributed by atoms with Crippen molar-refractivity contribution in [1.29, 1.82) is 0 Å². The average Bonchev–Trinajstić information content (AvgIpc) is 3.36. The molecule has 1 aliphatic carbocycles. The molecular weight excluding hydrogens is 438 g/mol. The number of nitrogens with zero attached hydrogens (tertiary/aromatic N) is 1. The van der Waals surface area contributed by atoms with Crippen LogP contribution >= 0.6 is 0 Å². The molecule has 5 rings (SSSR count). The maximum absolute atomic E-state index is 10.9. The normalized spacial score (nSPS) is 14.1. The van der Waals surface area contributed by atoms with Gasteiger partial charge in [-0.15, -0.1) is 0 Å². The van der Waals surface area contributed by atoms with Crippen molar-refractivity contribution in [3.8, 4) is 5.75 Å². The van der Waals surface area contributed by atoms with Crippen LogP contribution in [0.3, 0.4) is 0 Å². The van der Waals surface area contributed by atoms with Gasteiger partial charge in [0.05, 0.1) is 11.6 Å². The molecule has 1 aromatic heterocycles. The van der Waals surface area contributed by atoms with Crippen molar-refractivity contribution in [2.24, 2.45) is 0 Å². The zero-order valence-corrected chi connectivity index (χ0v) is 19.4. The standard InChI is InChI=1S/C30H27NO4/c32-29(33)20-34-27-16-8-14-25-21(13-7-15-26(25)27)17-18-24-19-28(35-31-24)30(22-9-3-1-4-10-22)23-11-5-2-6-12-23/h1-6,8-12,14,16-17,19,30H,7,13,15,18,20H2,(H,32,33). The van der Waals surface area contributed by atoms with Gasteiger partial charge in [0, 0.05) is 18.1 Å². The van der Waals surface area contributed by atoms with Crippen molar-refractivity contribution in [2.75, 3.05) is 6.61 Å². The number of carboxylic acids is 1. The second-order valence-electron chi connectivity index (χ2n) is 8.73. The van der Waals surface area contributed by atoms with Gasteiger partial charge in [0.1, 0.15) is 11.5 Å². The first-order valence-corrected chi connectivity index (χ1v) is 11.9. The summed E-state index contributed by atoms with van der Waals surface area (Å²) in [6, 6.07) is 28.6. The number of carboxylic acid groups (broad SMARTS) is 1. The van der Waals surface area contributed by atoms with Crippen molar-refractivity contribution in [2.45, 2.75) is 31.6 Å². The highest BCUT2D eigenvalue weighted by atomic mass is 16.5. The minimum Gasteiger partial charge on any atom is -0.482 e. The van der Waals surface area contributed by atoms with Gasteiger partial charge >= 0.3 is 5.97 Å². The predicted molar refractivity (Wildman–Crippen MR) is 135 cm³/mol. The number of benzene rings is 3. The number of allylic oxidation sites excluding steroid dienone is 2. The number of aliphatic carboxylic acids is 1. The molecule has 4 aromatic rings. The maximum Gasteiger partial charge on any atom is 0.341 e. The van der Waals surface area contributed by atoms with Crippen molar-refractivity contribution < 1.29 is 19.2 Å². The largest absolute Gasteiger partial charge is 0.482 e. The molecule has 5 nitrogen and oxygen atoms in total. The van der Waals surface area contributed by atoms with Crippen molar-refractivity contribution in [3.63, 3.8) is 0 Å². The van der Waals surface area contributed by atoms with E-state index in [1.54, 1.807) is 0 Å². The number of aromatic nitrogens is 1. The number of rotatable bonds is 8. The molecule has 0 saturated heterocycles. The summed E-state index contributed by atoms with van der Waals surface area (Å²) in [5, 5.41) is 13.4. The third-order valence-electron chi connectivity index (χ3n) is 6.39. The van der Waals surface area contributed by atoms with Gasteiger partial charge in [-0.05, 0) is 47.6 Å². The van der Waals surface area contributed by atoms with Gasteiger partial charge in [0.25, 0.3) is 0 Å². The molecule has 0 bridgehead atoms. The van der Waals surface area contributed by atoms with Gasteiger partial charge in [0.15, 0.2) is 6.61 Å². The fourth-order valence-corrected chi connectivity index (χ4v) is 4.80. The van der Waals surface area contributed by atoms with Crippen molar-refractivity contribution in [3.05, 3.63) is 125 Å². The molecule has 0 spiro atoms. The van der Waals surface area contributed by atoms with E-state index in [2.05, 4.69) is 47.6 Å². The van der Waals surface area contributed by atoms with Crippen LogP contribution < -0.4 is 4.74 Å². The molecule has 1 heterocycles. The Morgan fingerprint density at radius 1 is 0.971 bits per heavy atom. The van der Waals surface area contributed by atoms with Crippen molar-refractivity contribution in [1.82, 2.24) is 5.16 Å². The Morgan fingerprint density at radius 3 is 2.37 bits per heavy atom. The Balaban J connectivity index is 1.39. The Morgan fingerprint density at radius 2 is 1.69 bits per heavy atom. The average molecular weight is 466 g/mol. The highest BCUT2D eigenvalue weighted by molar-refractivity contribution is 5.73. The summed E-state index contributed by atoms with van der Waals surface area (Å²) in [6.45, 7) is -0.332. The first kappa shape index (κ1) is 22.7. The van der Waals surface area contributed by atoms with E-state index in [0.29, 0.717) is 12.2 Å². The van der Waals surface area contributed by atoms with Crippen LogP contribution in [0.1, 0.15) is 52.5 Å². The lowest BCUT2D eigenvalue weighted by Gasteiger charge is -2.21. The Bertz CT molecular complexity index is 1290. The first-order valence-electron chi connectivity index (χ1n) is 11.9. The van der Waals surface area contributed by atoms with E-state index in [4.69, 9.17) is 14.4 Å². The molecule has 0 saturated carbocycles. The summed E-state index contributed by atoms with van der Waals surface area (Å²) in [5.41, 5.74) is 6.66. The van der Waals surface area contributed by atoms with Crippen LogP contribution in [-0.4, -0.2) is 22.8 Å². The summed E-state index contributed by atoms with van der Waals surface area (Å²) >= 11 is 0. The highest BCUT2D eigenvalue weighted by Crippen LogP contribution is 2.37. The number of hydrogen-bond acceptors (Lipinski definition) is 4. The minimum absolute atomic E-state index is 0.0179. The highest BCUT2D eigenvalue weighted by Gasteiger charge is 2.22. The van der Waals surface area contributed by atoms with E-state index in [0.717, 1.165) is 53.0 Å². The van der Waals surface area contributed by atoms with Crippen LogP contribution in [0.2, 0.25) is 0 Å². The van der Waals surface area contributed by atoms with Crippen LogP contribution in [0.25, 0.3) is 5.57 Å². The lowest BCUT2D eigenvalue weighted by atomic mass is 9.86. The Labute approximate surface area is 204 Å². The molecule has 3 aromatic carbocycles. The van der Waals surface area contributed by atoms with E-state index in [-0.39, 0.29) is 12.5 Å². The molecule has 0 unspecified atom stereocenters. The molecule has 0 radical (unpaired) electrons. The molecule has 35 heavy (non-hydrogen) atoms. The van der Waals surface area contributed by atoms with Crippen molar-refractivity contribution >= 4 is 11.5 Å². The van der Waals surface area contributed by atoms with Crippen LogP contribution in [-0.2, 0) is 17.6 Å². The SMILES string of the molecule is O=C(O)COc1cccc2c1CCCC2=CCc1cc(C(c2ccccc2)c2ccccc2)on1. The monoisotopic (exact) mass is 465 g/mol. The van der Waals surface area contributed by atoms with Crippen LogP contribution in [0.15, 0.2) is 95.5 Å². The second kappa shape index (κ2) is 10.4. The van der Waals surface area contributed by atoms with Gasteiger partial charge in [-0.3, -0.25) is 0 Å². The third-order valence-corrected chi connectivity index (χ3v) is 6.39. The molecule has 0 fully saturated rings. The summed E-state index contributed by atoms with van der Waals surface area (Å²) < 4.78 is 11.4. The number of hydrogen-bond donors (Lipinski definition) is 1. The van der Waals surface area contributed by atoms with E-state index < -0.39 is 5.97 Å². The molecule has 0 amide bonds. The molecule has 1 aliphatic rings. The predicted octanol–water partition coefficient (Wildman–Crippen LogP) is 6.28. The Kier molecular flexibility index (Phi) is 6.75. The zero-order valence-electron chi connectivity index (χ0n) is 19.4. The molecule has 0 aliphatic heterocycles. The van der Waals surface area contributed by atoms with Crippen LogP contribution in [0, 0.1) is 0 Å². The van der Waals surface area contributed by atoms with E-state index in [9.17, 15) is 4.79 Å². The third kappa shape index (κ3) is 5.19. The molecule has 5 heteroatoms. The van der Waals surface area contributed by atoms with E-state index in [1.165, 1.54) is 5.57 Å². The van der Waals surface area contributed by atoms with E-state index >= 15 is 0 Å². The minimum atomic E-state index is -0.972. The molecular formula is C30H27NO4. The van der Waals surface area contributed by atoms with Crippen LogP contribution in [0.5, 0.6) is 5.75 Å². The van der Waals surface area contributed by atoms with Gasteiger partial charge in [-0.2, -0.15) is 0 Å². The van der Waals surface area contributed by atoms with Gasteiger partial charge in [-0.1, -0.05) is 84.0 Å². The molecule has 176 valence electrons. The van der Waals surface area contributed by atoms with Gasteiger partial charge < -0.3 is 14.4 Å². The summed E-state index contributed by atoms with van der Waals surface area (Å²) in [4.78, 5) is 10.9. The number of carbonyl (C=O) groups is 1.